The fourth-order valence-electron chi connectivity index (χ4n) is 2.52. The Hall–Kier alpha value is -0.930. The van der Waals surface area contributed by atoms with E-state index in [0.29, 0.717) is 12.2 Å². The van der Waals surface area contributed by atoms with Crippen LogP contribution in [-0.4, -0.2) is 38.0 Å². The van der Waals surface area contributed by atoms with Gasteiger partial charge in [0.2, 0.25) is 5.56 Å². The molecule has 9 heteroatoms. The summed E-state index contributed by atoms with van der Waals surface area (Å²) in [5, 5.41) is 18.6. The number of rotatable bonds is 4. The minimum absolute atomic E-state index is 0. The first-order chi connectivity index (χ1) is 9.09. The van der Waals surface area contributed by atoms with Crippen molar-refractivity contribution in [1.82, 2.24) is 19.5 Å². The van der Waals surface area contributed by atoms with E-state index in [1.807, 2.05) is 0 Å². The summed E-state index contributed by atoms with van der Waals surface area (Å²) in [5.74, 6) is -0.0207. The number of hydrogen-bond acceptors (Lipinski definition) is 6. The molecule has 1 aliphatic rings. The maximum atomic E-state index is 11.6. The van der Waals surface area contributed by atoms with Crippen molar-refractivity contribution in [3.63, 3.8) is 0 Å². The van der Waals surface area contributed by atoms with Crippen LogP contribution in [-0.2, 0) is 6.54 Å². The second-order valence-electron chi connectivity index (χ2n) is 5.04. The zero-order valence-corrected chi connectivity index (χ0v) is 13.2. The number of fused-ring (bicyclic) bond motifs is 1. The molecular formula is C11H14N5NaO3. The van der Waals surface area contributed by atoms with Crippen LogP contribution in [0.2, 0.25) is 0 Å². The first-order valence-electron chi connectivity index (χ1n) is 5.97. The minimum atomic E-state index is -0.506. The topological polar surface area (TPSA) is 128 Å². The number of imidazole rings is 1. The van der Waals surface area contributed by atoms with Crippen LogP contribution < -0.4 is 45.8 Å². The fraction of sp³-hybridized carbons (Fsp3) is 0.545. The molecule has 0 aliphatic heterocycles. The maximum Gasteiger partial charge on any atom is 1.00 e. The van der Waals surface area contributed by atoms with Gasteiger partial charge in [-0.25, -0.2) is 4.98 Å². The number of aliphatic hydroxyl groups is 2. The molecule has 0 aromatic carbocycles. The van der Waals surface area contributed by atoms with E-state index in [0.717, 1.165) is 6.42 Å². The van der Waals surface area contributed by atoms with Gasteiger partial charge in [-0.05, 0) is 12.3 Å². The molecule has 4 N–H and O–H groups in total. The maximum absolute atomic E-state index is 11.6. The molecule has 0 radical (unpaired) electrons. The molecule has 1 aliphatic carbocycles. The molecule has 2 aromatic rings. The van der Waals surface area contributed by atoms with Crippen molar-refractivity contribution < 1.29 is 39.8 Å². The van der Waals surface area contributed by atoms with Gasteiger partial charge in [-0.15, -0.1) is 0 Å². The summed E-state index contributed by atoms with van der Waals surface area (Å²) in [7, 11) is 0. The molecule has 0 amide bonds. The van der Waals surface area contributed by atoms with Crippen LogP contribution in [0.25, 0.3) is 11.2 Å². The molecule has 2 aromatic heterocycles. The van der Waals surface area contributed by atoms with Gasteiger partial charge >= 0.3 is 29.6 Å². The van der Waals surface area contributed by atoms with Crippen molar-refractivity contribution in [2.45, 2.75) is 13.0 Å². The number of anilines is 1. The standard InChI is InChI=1S/C11H15N5O3.Na/c12-10-14-8-7(9(19)15-10)13-5-16(8)3-11(4-18)1-6(11)2-17;/h5-6,17-18H,1-4H2,(H3,12,14,15,19);/q;+1/p-1/t6-,11-;/m0./s1. The monoisotopic (exact) mass is 287 g/mol. The molecule has 0 saturated heterocycles. The average molecular weight is 287 g/mol. The molecule has 20 heavy (non-hydrogen) atoms. The van der Waals surface area contributed by atoms with Crippen LogP contribution in [0, 0.1) is 11.3 Å². The Morgan fingerprint density at radius 1 is 1.55 bits per heavy atom. The van der Waals surface area contributed by atoms with Gasteiger partial charge in [0.05, 0.1) is 18.6 Å². The van der Waals surface area contributed by atoms with Gasteiger partial charge < -0.3 is 30.5 Å². The van der Waals surface area contributed by atoms with Crippen molar-refractivity contribution in [1.29, 1.82) is 0 Å². The molecule has 2 heterocycles. The summed E-state index contributed by atoms with van der Waals surface area (Å²) >= 11 is 0. The number of nitrogens with zero attached hydrogens (tertiary/aromatic N) is 4. The molecule has 1 saturated carbocycles. The van der Waals surface area contributed by atoms with Gasteiger partial charge in [0.1, 0.15) is 5.52 Å². The van der Waals surface area contributed by atoms with E-state index in [-0.39, 0.29) is 65.6 Å². The third kappa shape index (κ3) is 2.38. The van der Waals surface area contributed by atoms with Crippen molar-refractivity contribution >= 4 is 17.1 Å². The normalized spacial score (nSPS) is 24.6. The second-order valence-corrected chi connectivity index (χ2v) is 5.04. The molecule has 8 nitrogen and oxygen atoms in total. The molecular weight excluding hydrogens is 273 g/mol. The first-order valence-corrected chi connectivity index (χ1v) is 5.97. The molecule has 102 valence electrons. The van der Waals surface area contributed by atoms with Crippen LogP contribution in [0.4, 0.5) is 5.95 Å². The molecule has 3 rings (SSSR count). The predicted octanol–water partition coefficient (Wildman–Crippen LogP) is -4.67. The molecule has 1 fully saturated rings. The first kappa shape index (κ1) is 15.5. The van der Waals surface area contributed by atoms with Crippen molar-refractivity contribution in [3.05, 3.63) is 16.7 Å². The Balaban J connectivity index is 0.00000147. The van der Waals surface area contributed by atoms with Crippen LogP contribution in [0.15, 0.2) is 11.1 Å². The van der Waals surface area contributed by atoms with Gasteiger partial charge in [0, 0.05) is 24.5 Å². The third-order valence-electron chi connectivity index (χ3n) is 3.83. The zero-order valence-electron chi connectivity index (χ0n) is 11.2. The molecule has 0 unspecified atom stereocenters. The smallest absolute Gasteiger partial charge is 0.453 e. The summed E-state index contributed by atoms with van der Waals surface area (Å²) in [6.07, 6.45) is 2.23. The second kappa shape index (κ2) is 5.45. The fourth-order valence-corrected chi connectivity index (χ4v) is 2.52. The van der Waals surface area contributed by atoms with E-state index < -0.39 is 5.56 Å². The van der Waals surface area contributed by atoms with Gasteiger partial charge in [0.25, 0.3) is 0 Å². The SMILES string of the molecule is Nc1nc2c(ncn2C[C@]2(CO)C[C@H]2CO)c(=O)[n-]1.[Na+]. The average Bonchev–Trinajstić information content (AvgIpc) is 2.95. The Bertz CT molecular complexity index is 684. The summed E-state index contributed by atoms with van der Waals surface area (Å²) in [5.41, 5.74) is 5.14. The molecule has 0 spiro atoms. The van der Waals surface area contributed by atoms with Crippen LogP contribution in [0.5, 0.6) is 0 Å². The Kier molecular flexibility index (Phi) is 4.22. The van der Waals surface area contributed by atoms with Gasteiger partial charge in [-0.3, -0.25) is 4.79 Å². The number of aliphatic hydroxyl groups excluding tert-OH is 2. The van der Waals surface area contributed by atoms with Crippen LogP contribution in [0.3, 0.4) is 0 Å². The van der Waals surface area contributed by atoms with Crippen LogP contribution >= 0.6 is 0 Å². The van der Waals surface area contributed by atoms with E-state index in [4.69, 9.17) is 5.73 Å². The van der Waals surface area contributed by atoms with E-state index in [2.05, 4.69) is 15.0 Å². The number of aromatic nitrogens is 4. The zero-order chi connectivity index (χ0) is 13.6. The quantitative estimate of drug-likeness (QED) is 0.482. The van der Waals surface area contributed by atoms with E-state index in [1.165, 1.54) is 6.33 Å². The Morgan fingerprint density at radius 2 is 2.30 bits per heavy atom. The third-order valence-corrected chi connectivity index (χ3v) is 3.83. The molecule has 2 atom stereocenters. The van der Waals surface area contributed by atoms with E-state index in [9.17, 15) is 15.0 Å². The Labute approximate surface area is 136 Å². The predicted molar refractivity (Wildman–Crippen MR) is 66.2 cm³/mol. The van der Waals surface area contributed by atoms with Gasteiger partial charge in [0.15, 0.2) is 0 Å². The minimum Gasteiger partial charge on any atom is -0.453 e. The van der Waals surface area contributed by atoms with Crippen molar-refractivity contribution in [2.24, 2.45) is 11.3 Å². The van der Waals surface area contributed by atoms with Crippen LogP contribution in [0.1, 0.15) is 6.42 Å². The van der Waals surface area contributed by atoms with Crippen molar-refractivity contribution in [3.8, 4) is 0 Å². The number of nitrogens with two attached hydrogens (primary N) is 1. The van der Waals surface area contributed by atoms with Gasteiger partial charge in [-0.1, -0.05) is 0 Å². The largest absolute Gasteiger partial charge is 1.00 e. The van der Waals surface area contributed by atoms with Gasteiger partial charge in [-0.2, -0.15) is 0 Å². The summed E-state index contributed by atoms with van der Waals surface area (Å²) in [6, 6.07) is 0. The van der Waals surface area contributed by atoms with Crippen molar-refractivity contribution in [2.75, 3.05) is 18.9 Å². The molecule has 0 bridgehead atoms. The number of hydrogen-bond donors (Lipinski definition) is 3. The van der Waals surface area contributed by atoms with E-state index >= 15 is 0 Å². The number of nitrogen functional groups attached to an aromatic ring is 1. The summed E-state index contributed by atoms with van der Waals surface area (Å²) in [4.78, 5) is 23.1. The summed E-state index contributed by atoms with van der Waals surface area (Å²) in [6.45, 7) is 0.459. The summed E-state index contributed by atoms with van der Waals surface area (Å²) < 4.78 is 1.68. The van der Waals surface area contributed by atoms with E-state index in [1.54, 1.807) is 4.57 Å². The Morgan fingerprint density at radius 3 is 2.90 bits per heavy atom.